The molecule has 0 radical (unpaired) electrons. The van der Waals surface area contributed by atoms with Crippen molar-refractivity contribution in [2.24, 2.45) is 0 Å². The predicted octanol–water partition coefficient (Wildman–Crippen LogP) is 2.08. The molecule has 0 bridgehead atoms. The first kappa shape index (κ1) is 20.1. The highest BCUT2D eigenvalue weighted by Crippen LogP contribution is 2.26. The monoisotopic (exact) mass is 405 g/mol. The molecular formula is C19H23N3O5S. The van der Waals surface area contributed by atoms with Crippen molar-refractivity contribution in [3.63, 3.8) is 0 Å². The van der Waals surface area contributed by atoms with Gasteiger partial charge in [0.25, 0.3) is 5.91 Å². The number of rotatable bonds is 6. The van der Waals surface area contributed by atoms with E-state index in [1.807, 2.05) is 6.07 Å². The molecule has 1 aliphatic rings. The second-order valence-electron chi connectivity index (χ2n) is 6.72. The molecular weight excluding hydrogens is 382 g/mol. The quantitative estimate of drug-likeness (QED) is 0.793. The number of nitrogens with one attached hydrogen (secondary N) is 1. The molecule has 1 fully saturated rings. The third-order valence-corrected chi connectivity index (χ3v) is 6.56. The maximum absolute atomic E-state index is 12.7. The third-order valence-electron chi connectivity index (χ3n) is 4.55. The molecule has 0 atom stereocenters. The van der Waals surface area contributed by atoms with Gasteiger partial charge in [0.1, 0.15) is 10.7 Å². The molecule has 1 N–H and O–H groups in total. The van der Waals surface area contributed by atoms with E-state index in [9.17, 15) is 18.0 Å². The molecule has 1 aromatic heterocycles. The van der Waals surface area contributed by atoms with Crippen molar-refractivity contribution in [3.05, 3.63) is 47.9 Å². The number of benzene rings is 1. The van der Waals surface area contributed by atoms with Crippen molar-refractivity contribution >= 4 is 27.5 Å². The predicted molar refractivity (Wildman–Crippen MR) is 103 cm³/mol. The lowest BCUT2D eigenvalue weighted by Gasteiger charge is -2.15. The normalized spacial score (nSPS) is 14.8. The van der Waals surface area contributed by atoms with Gasteiger partial charge in [-0.25, -0.2) is 8.42 Å². The Kier molecular flexibility index (Phi) is 5.85. The van der Waals surface area contributed by atoms with Crippen LogP contribution in [-0.4, -0.2) is 56.1 Å². The summed E-state index contributed by atoms with van der Waals surface area (Å²) >= 11 is 0. The third kappa shape index (κ3) is 4.26. The molecule has 2 amide bonds. The average molecular weight is 405 g/mol. The number of nitrogens with zero attached hydrogens (tertiary/aromatic N) is 2. The Labute approximate surface area is 164 Å². The molecule has 0 saturated carbocycles. The van der Waals surface area contributed by atoms with Gasteiger partial charge in [-0.05, 0) is 31.9 Å². The highest BCUT2D eigenvalue weighted by molar-refractivity contribution is 7.89. The maximum atomic E-state index is 12.7. The fraction of sp³-hybridized carbons (Fsp3) is 0.368. The van der Waals surface area contributed by atoms with Crippen LogP contribution in [0.1, 0.15) is 29.2 Å². The Bertz CT molecular complexity index is 963. The van der Waals surface area contributed by atoms with Crippen LogP contribution in [-0.2, 0) is 14.8 Å². The molecule has 2 heterocycles. The Balaban J connectivity index is 1.69. The summed E-state index contributed by atoms with van der Waals surface area (Å²) in [4.78, 5) is 25.9. The van der Waals surface area contributed by atoms with E-state index in [0.717, 1.165) is 12.8 Å². The van der Waals surface area contributed by atoms with Crippen LogP contribution in [0.15, 0.2) is 45.7 Å². The Morgan fingerprint density at radius 2 is 1.82 bits per heavy atom. The first-order valence-corrected chi connectivity index (χ1v) is 10.4. The van der Waals surface area contributed by atoms with Crippen LogP contribution >= 0.6 is 0 Å². The van der Waals surface area contributed by atoms with E-state index >= 15 is 0 Å². The number of anilines is 1. The van der Waals surface area contributed by atoms with Gasteiger partial charge in [0.2, 0.25) is 15.9 Å². The second-order valence-corrected chi connectivity index (χ2v) is 8.62. The number of para-hydroxylation sites is 1. The lowest BCUT2D eigenvalue weighted by molar-refractivity contribution is -0.116. The summed E-state index contributed by atoms with van der Waals surface area (Å²) in [5.74, 6) is -0.868. The number of hydrogen-bond donors (Lipinski definition) is 1. The van der Waals surface area contributed by atoms with Gasteiger partial charge in [-0.1, -0.05) is 18.2 Å². The van der Waals surface area contributed by atoms with Gasteiger partial charge in [-0.2, -0.15) is 4.31 Å². The van der Waals surface area contributed by atoms with Crippen LogP contribution in [0.5, 0.6) is 0 Å². The van der Waals surface area contributed by atoms with Crippen molar-refractivity contribution < 1.29 is 22.4 Å². The summed E-state index contributed by atoms with van der Waals surface area (Å²) in [6.07, 6.45) is 1.64. The highest BCUT2D eigenvalue weighted by atomic mass is 32.2. The zero-order valence-electron chi connectivity index (χ0n) is 15.8. The SMILES string of the molecule is Cc1oc(C(=O)N(C)CC(=O)Nc2ccccc2)cc1S(=O)(=O)N1CCCC1. The number of carbonyl (C=O) groups excluding carboxylic acids is 2. The van der Waals surface area contributed by atoms with Crippen molar-refractivity contribution in [2.45, 2.75) is 24.7 Å². The molecule has 0 spiro atoms. The summed E-state index contributed by atoms with van der Waals surface area (Å²) in [6, 6.07) is 10.1. The van der Waals surface area contributed by atoms with Crippen LogP contribution < -0.4 is 5.32 Å². The Hall–Kier alpha value is -2.65. The number of hydrogen-bond acceptors (Lipinski definition) is 5. The molecule has 1 saturated heterocycles. The fourth-order valence-electron chi connectivity index (χ4n) is 3.09. The summed E-state index contributed by atoms with van der Waals surface area (Å²) in [6.45, 7) is 2.26. The van der Waals surface area contributed by atoms with Crippen LogP contribution in [0.2, 0.25) is 0 Å². The minimum atomic E-state index is -3.68. The van der Waals surface area contributed by atoms with Crippen molar-refractivity contribution in [1.82, 2.24) is 9.21 Å². The zero-order valence-corrected chi connectivity index (χ0v) is 16.7. The number of amides is 2. The molecule has 8 nitrogen and oxygen atoms in total. The standard InChI is InChI=1S/C19H23N3O5S/c1-14-17(28(25,26)22-10-6-7-11-22)12-16(27-14)19(24)21(2)13-18(23)20-15-8-4-3-5-9-15/h3-5,8-9,12H,6-7,10-11,13H2,1-2H3,(H,20,23). The first-order valence-electron chi connectivity index (χ1n) is 9.00. The highest BCUT2D eigenvalue weighted by Gasteiger charge is 2.32. The van der Waals surface area contributed by atoms with E-state index in [4.69, 9.17) is 4.42 Å². The molecule has 2 aromatic rings. The van der Waals surface area contributed by atoms with Gasteiger partial charge in [-0.3, -0.25) is 9.59 Å². The summed E-state index contributed by atoms with van der Waals surface area (Å²) in [7, 11) is -2.22. The molecule has 150 valence electrons. The molecule has 3 rings (SSSR count). The molecule has 1 aromatic carbocycles. The van der Waals surface area contributed by atoms with Gasteiger partial charge >= 0.3 is 0 Å². The van der Waals surface area contributed by atoms with E-state index in [0.29, 0.717) is 18.8 Å². The second kappa shape index (κ2) is 8.15. The minimum absolute atomic E-state index is 0.000105. The van der Waals surface area contributed by atoms with Crippen molar-refractivity contribution in [3.8, 4) is 0 Å². The summed E-state index contributed by atoms with van der Waals surface area (Å²) < 4.78 is 32.3. The van der Waals surface area contributed by atoms with Gasteiger partial charge in [0.05, 0.1) is 6.54 Å². The van der Waals surface area contributed by atoms with E-state index in [1.165, 1.54) is 29.2 Å². The van der Waals surface area contributed by atoms with Crippen molar-refractivity contribution in [1.29, 1.82) is 0 Å². The van der Waals surface area contributed by atoms with Gasteiger partial charge < -0.3 is 14.6 Å². The number of sulfonamides is 1. The van der Waals surface area contributed by atoms with Gasteiger partial charge in [0.15, 0.2) is 5.76 Å². The number of furan rings is 1. The molecule has 9 heteroatoms. The largest absolute Gasteiger partial charge is 0.455 e. The lowest BCUT2D eigenvalue weighted by Crippen LogP contribution is -2.34. The topological polar surface area (TPSA) is 99.9 Å². The lowest BCUT2D eigenvalue weighted by atomic mass is 10.3. The fourth-order valence-corrected chi connectivity index (χ4v) is 4.77. The van der Waals surface area contributed by atoms with Gasteiger partial charge in [-0.15, -0.1) is 0 Å². The minimum Gasteiger partial charge on any atom is -0.455 e. The number of aryl methyl sites for hydroxylation is 1. The van der Waals surface area contributed by atoms with E-state index in [1.54, 1.807) is 24.3 Å². The first-order chi connectivity index (χ1) is 13.3. The zero-order chi connectivity index (χ0) is 20.3. The number of likely N-dealkylation sites (N-methyl/N-ethyl adjacent to an activating group) is 1. The van der Waals surface area contributed by atoms with E-state index in [2.05, 4.69) is 5.32 Å². The van der Waals surface area contributed by atoms with Crippen molar-refractivity contribution in [2.75, 3.05) is 32.0 Å². The van der Waals surface area contributed by atoms with Crippen LogP contribution in [0.25, 0.3) is 0 Å². The van der Waals surface area contributed by atoms with Crippen LogP contribution in [0.3, 0.4) is 0 Å². The Morgan fingerprint density at radius 1 is 1.18 bits per heavy atom. The van der Waals surface area contributed by atoms with E-state index in [-0.39, 0.29) is 28.9 Å². The number of carbonyl (C=O) groups is 2. The summed E-state index contributed by atoms with van der Waals surface area (Å²) in [5, 5.41) is 2.69. The van der Waals surface area contributed by atoms with Crippen LogP contribution in [0, 0.1) is 6.92 Å². The molecule has 28 heavy (non-hydrogen) atoms. The van der Waals surface area contributed by atoms with E-state index < -0.39 is 15.9 Å². The smallest absolute Gasteiger partial charge is 0.289 e. The Morgan fingerprint density at radius 3 is 2.46 bits per heavy atom. The summed E-state index contributed by atoms with van der Waals surface area (Å²) in [5.41, 5.74) is 0.626. The van der Waals surface area contributed by atoms with Gasteiger partial charge in [0, 0.05) is 31.9 Å². The van der Waals surface area contributed by atoms with Crippen LogP contribution in [0.4, 0.5) is 5.69 Å². The molecule has 0 unspecified atom stereocenters. The molecule has 0 aliphatic carbocycles. The maximum Gasteiger partial charge on any atom is 0.289 e. The molecule has 1 aliphatic heterocycles. The average Bonchev–Trinajstić information content (AvgIpc) is 3.32.